The molecule has 0 heterocycles. The highest BCUT2D eigenvalue weighted by Gasteiger charge is 2.37. The molecule has 0 unspecified atom stereocenters. The lowest BCUT2D eigenvalue weighted by atomic mass is 10.2. The van der Waals surface area contributed by atoms with E-state index in [2.05, 4.69) is 11.8 Å². The molecule has 1 aliphatic rings. The SMILES string of the molecule is CCN(C1CC1)S(=O)(=O)c1ccc(C#CCN)cc1Cl. The molecular weight excluding hydrogens is 296 g/mol. The van der Waals surface area contributed by atoms with Crippen LogP contribution in [0.4, 0.5) is 0 Å². The lowest BCUT2D eigenvalue weighted by Gasteiger charge is -2.20. The van der Waals surface area contributed by atoms with Gasteiger partial charge in [0.1, 0.15) is 4.90 Å². The first kappa shape index (κ1) is 15.3. The van der Waals surface area contributed by atoms with Gasteiger partial charge in [0.15, 0.2) is 0 Å². The van der Waals surface area contributed by atoms with Crippen LogP contribution in [0, 0.1) is 11.8 Å². The average Bonchev–Trinajstić information content (AvgIpc) is 3.21. The van der Waals surface area contributed by atoms with Gasteiger partial charge in [-0.3, -0.25) is 0 Å². The van der Waals surface area contributed by atoms with Crippen molar-refractivity contribution in [1.29, 1.82) is 0 Å². The lowest BCUT2D eigenvalue weighted by molar-refractivity contribution is 0.421. The van der Waals surface area contributed by atoms with Gasteiger partial charge >= 0.3 is 0 Å². The summed E-state index contributed by atoms with van der Waals surface area (Å²) < 4.78 is 26.7. The van der Waals surface area contributed by atoms with Crippen LogP contribution in [0.15, 0.2) is 23.1 Å². The summed E-state index contributed by atoms with van der Waals surface area (Å²) in [5.74, 6) is 5.55. The van der Waals surface area contributed by atoms with Gasteiger partial charge in [-0.25, -0.2) is 8.42 Å². The fourth-order valence-electron chi connectivity index (χ4n) is 2.05. The molecule has 1 aromatic carbocycles. The van der Waals surface area contributed by atoms with Gasteiger partial charge in [0.25, 0.3) is 0 Å². The van der Waals surface area contributed by atoms with Gasteiger partial charge in [0.05, 0.1) is 11.6 Å². The van der Waals surface area contributed by atoms with Crippen molar-refractivity contribution in [1.82, 2.24) is 4.31 Å². The highest BCUT2D eigenvalue weighted by atomic mass is 35.5. The van der Waals surface area contributed by atoms with Crippen molar-refractivity contribution in [3.05, 3.63) is 28.8 Å². The van der Waals surface area contributed by atoms with E-state index in [4.69, 9.17) is 17.3 Å². The van der Waals surface area contributed by atoms with Crippen LogP contribution in [0.25, 0.3) is 0 Å². The molecule has 6 heteroatoms. The molecular formula is C14H17ClN2O2S. The largest absolute Gasteiger partial charge is 0.320 e. The predicted octanol–water partition coefficient (Wildman–Crippen LogP) is 1.82. The second-order valence-electron chi connectivity index (χ2n) is 4.59. The van der Waals surface area contributed by atoms with Crippen LogP contribution in [-0.4, -0.2) is 31.9 Å². The van der Waals surface area contributed by atoms with E-state index in [1.165, 1.54) is 10.4 Å². The zero-order chi connectivity index (χ0) is 14.8. The molecule has 0 saturated heterocycles. The Labute approximate surface area is 125 Å². The Kier molecular flexibility index (Phi) is 4.71. The molecule has 0 aliphatic heterocycles. The van der Waals surface area contributed by atoms with Crippen molar-refractivity contribution in [3.8, 4) is 11.8 Å². The molecule has 0 bridgehead atoms. The second-order valence-corrected chi connectivity index (χ2v) is 6.86. The van der Waals surface area contributed by atoms with E-state index in [0.29, 0.717) is 12.1 Å². The Morgan fingerprint density at radius 1 is 1.45 bits per heavy atom. The molecule has 108 valence electrons. The molecule has 2 rings (SSSR count). The van der Waals surface area contributed by atoms with Crippen molar-refractivity contribution in [3.63, 3.8) is 0 Å². The van der Waals surface area contributed by atoms with E-state index in [1.54, 1.807) is 12.1 Å². The Morgan fingerprint density at radius 3 is 2.65 bits per heavy atom. The third-order valence-corrected chi connectivity index (χ3v) is 5.63. The molecule has 0 atom stereocenters. The third kappa shape index (κ3) is 3.15. The van der Waals surface area contributed by atoms with Crippen molar-refractivity contribution in [2.24, 2.45) is 5.73 Å². The summed E-state index contributed by atoms with van der Waals surface area (Å²) in [5, 5.41) is 0.202. The number of sulfonamides is 1. The standard InChI is InChI=1S/C14H17ClN2O2S/c1-2-17(12-6-7-12)20(18,19)14-8-5-11(4-3-9-16)10-13(14)15/h5,8,10,12H,2,6-7,9,16H2,1H3. The van der Waals surface area contributed by atoms with Gasteiger partial charge in [-0.1, -0.05) is 30.4 Å². The van der Waals surface area contributed by atoms with Crippen LogP contribution in [0.5, 0.6) is 0 Å². The van der Waals surface area contributed by atoms with E-state index in [-0.39, 0.29) is 22.5 Å². The van der Waals surface area contributed by atoms with Crippen LogP contribution in [-0.2, 0) is 10.0 Å². The molecule has 1 aromatic rings. The fourth-order valence-corrected chi connectivity index (χ4v) is 4.27. The number of hydrogen-bond donors (Lipinski definition) is 1. The minimum absolute atomic E-state index is 0.123. The summed E-state index contributed by atoms with van der Waals surface area (Å²) >= 11 is 6.11. The van der Waals surface area contributed by atoms with E-state index in [1.807, 2.05) is 6.92 Å². The zero-order valence-electron chi connectivity index (χ0n) is 11.3. The van der Waals surface area contributed by atoms with Crippen molar-refractivity contribution < 1.29 is 8.42 Å². The first-order chi connectivity index (χ1) is 9.50. The van der Waals surface area contributed by atoms with Crippen molar-refractivity contribution in [2.45, 2.75) is 30.7 Å². The highest BCUT2D eigenvalue weighted by molar-refractivity contribution is 7.89. The Hall–Kier alpha value is -1.06. The molecule has 0 aromatic heterocycles. The van der Waals surface area contributed by atoms with Gasteiger partial charge in [-0.05, 0) is 31.0 Å². The van der Waals surface area contributed by atoms with Gasteiger partial charge in [-0.15, -0.1) is 0 Å². The van der Waals surface area contributed by atoms with Gasteiger partial charge in [0, 0.05) is 18.2 Å². The molecule has 4 nitrogen and oxygen atoms in total. The maximum atomic E-state index is 12.6. The number of benzene rings is 1. The van der Waals surface area contributed by atoms with Crippen LogP contribution < -0.4 is 5.73 Å². The van der Waals surface area contributed by atoms with Crippen LogP contribution >= 0.6 is 11.6 Å². The summed E-state index contributed by atoms with van der Waals surface area (Å²) in [7, 11) is -3.53. The number of hydrogen-bond acceptors (Lipinski definition) is 3. The summed E-state index contributed by atoms with van der Waals surface area (Å²) in [6.45, 7) is 2.55. The summed E-state index contributed by atoms with van der Waals surface area (Å²) in [4.78, 5) is 0.145. The molecule has 2 N–H and O–H groups in total. The van der Waals surface area contributed by atoms with Crippen LogP contribution in [0.1, 0.15) is 25.3 Å². The molecule has 0 amide bonds. The van der Waals surface area contributed by atoms with Crippen LogP contribution in [0.2, 0.25) is 5.02 Å². The Balaban J connectivity index is 2.37. The quantitative estimate of drug-likeness (QED) is 0.863. The van der Waals surface area contributed by atoms with Crippen molar-refractivity contribution >= 4 is 21.6 Å². The molecule has 20 heavy (non-hydrogen) atoms. The minimum atomic E-state index is -3.53. The highest BCUT2D eigenvalue weighted by Crippen LogP contribution is 2.34. The zero-order valence-corrected chi connectivity index (χ0v) is 12.8. The average molecular weight is 313 g/mol. The van der Waals surface area contributed by atoms with E-state index in [0.717, 1.165) is 12.8 Å². The third-order valence-electron chi connectivity index (χ3n) is 3.12. The summed E-state index contributed by atoms with van der Waals surface area (Å²) in [5.41, 5.74) is 5.96. The second kappa shape index (κ2) is 6.15. The number of rotatable bonds is 4. The van der Waals surface area contributed by atoms with Crippen molar-refractivity contribution in [2.75, 3.05) is 13.1 Å². The van der Waals surface area contributed by atoms with Gasteiger partial charge in [0.2, 0.25) is 10.0 Å². The number of nitrogens with zero attached hydrogens (tertiary/aromatic N) is 1. The molecule has 1 saturated carbocycles. The van der Waals surface area contributed by atoms with E-state index in [9.17, 15) is 8.42 Å². The molecule has 1 aliphatic carbocycles. The fraction of sp³-hybridized carbons (Fsp3) is 0.429. The molecule has 0 spiro atoms. The number of nitrogens with two attached hydrogens (primary N) is 1. The monoisotopic (exact) mass is 312 g/mol. The van der Waals surface area contributed by atoms with Gasteiger partial charge in [-0.2, -0.15) is 4.31 Å². The maximum absolute atomic E-state index is 12.6. The molecule has 1 fully saturated rings. The molecule has 0 radical (unpaired) electrons. The number of halogens is 1. The minimum Gasteiger partial charge on any atom is -0.320 e. The first-order valence-electron chi connectivity index (χ1n) is 6.51. The lowest BCUT2D eigenvalue weighted by Crippen LogP contribution is -2.33. The normalized spacial score (nSPS) is 15.0. The summed E-state index contributed by atoms with van der Waals surface area (Å²) in [6, 6.07) is 4.86. The Morgan fingerprint density at radius 2 is 2.15 bits per heavy atom. The maximum Gasteiger partial charge on any atom is 0.244 e. The summed E-state index contributed by atoms with van der Waals surface area (Å²) in [6.07, 6.45) is 1.84. The first-order valence-corrected chi connectivity index (χ1v) is 8.32. The van der Waals surface area contributed by atoms with E-state index >= 15 is 0 Å². The smallest absolute Gasteiger partial charge is 0.244 e. The topological polar surface area (TPSA) is 63.4 Å². The predicted molar refractivity (Wildman–Crippen MR) is 80.0 cm³/mol. The van der Waals surface area contributed by atoms with E-state index < -0.39 is 10.0 Å². The van der Waals surface area contributed by atoms with Gasteiger partial charge < -0.3 is 5.73 Å². The Bertz CT molecular complexity index is 657. The van der Waals surface area contributed by atoms with Crippen LogP contribution in [0.3, 0.4) is 0 Å².